The predicted octanol–water partition coefficient (Wildman–Crippen LogP) is 6.47. The maximum atomic E-state index is 5.97. The minimum atomic E-state index is -0.0642. The fourth-order valence-corrected chi connectivity index (χ4v) is 3.40. The Kier molecular flexibility index (Phi) is 10.1. The molecule has 0 bridgehead atoms. The molecule has 31 heavy (non-hydrogen) atoms. The average Bonchev–Trinajstić information content (AvgIpc) is 2.71. The van der Waals surface area contributed by atoms with E-state index in [4.69, 9.17) is 23.7 Å². The number of rotatable bonds is 12. The Bertz CT molecular complexity index is 655. The van der Waals surface area contributed by atoms with Crippen molar-refractivity contribution in [2.24, 2.45) is 10.8 Å². The maximum Gasteiger partial charge on any atom is 0.152 e. The van der Waals surface area contributed by atoms with E-state index in [0.717, 1.165) is 11.1 Å². The van der Waals surface area contributed by atoms with Crippen LogP contribution in [0.15, 0.2) is 60.7 Å². The Labute approximate surface area is 187 Å². The van der Waals surface area contributed by atoms with Gasteiger partial charge in [0.25, 0.3) is 0 Å². The van der Waals surface area contributed by atoms with E-state index in [1.165, 1.54) is 0 Å². The Hall–Kier alpha value is -1.76. The molecule has 0 heterocycles. The Balaban J connectivity index is 1.64. The molecule has 2 aromatic carbocycles. The topological polar surface area (TPSA) is 46.2 Å². The molecule has 0 amide bonds. The molecule has 5 nitrogen and oxygen atoms in total. The molecule has 0 aliphatic carbocycles. The highest BCUT2D eigenvalue weighted by Gasteiger charge is 2.28. The van der Waals surface area contributed by atoms with Crippen molar-refractivity contribution in [3.05, 3.63) is 71.8 Å². The van der Waals surface area contributed by atoms with E-state index in [9.17, 15) is 0 Å². The van der Waals surface area contributed by atoms with Gasteiger partial charge in [-0.2, -0.15) is 0 Å². The third-order valence-electron chi connectivity index (χ3n) is 4.75. The molecule has 0 spiro atoms. The third kappa shape index (κ3) is 9.09. The van der Waals surface area contributed by atoms with Crippen molar-refractivity contribution in [3.63, 3.8) is 0 Å². The second-order valence-corrected chi connectivity index (χ2v) is 9.73. The van der Waals surface area contributed by atoms with E-state index in [1.807, 2.05) is 36.4 Å². The summed E-state index contributed by atoms with van der Waals surface area (Å²) in [4.78, 5) is 0. The van der Waals surface area contributed by atoms with E-state index >= 15 is 0 Å². The first kappa shape index (κ1) is 25.5. The predicted molar refractivity (Wildman–Crippen MR) is 122 cm³/mol. The van der Waals surface area contributed by atoms with E-state index in [1.54, 1.807) is 0 Å². The summed E-state index contributed by atoms with van der Waals surface area (Å²) in [6.45, 7) is 13.4. The molecule has 172 valence electrons. The van der Waals surface area contributed by atoms with Crippen LogP contribution < -0.4 is 0 Å². The summed E-state index contributed by atoms with van der Waals surface area (Å²) in [5.74, 6) is 0. The van der Waals surface area contributed by atoms with E-state index in [2.05, 4.69) is 65.8 Å². The number of benzene rings is 2. The second kappa shape index (κ2) is 12.3. The van der Waals surface area contributed by atoms with Gasteiger partial charge in [-0.15, -0.1) is 0 Å². The van der Waals surface area contributed by atoms with Crippen LogP contribution in [0.2, 0.25) is 0 Å². The molecule has 0 fully saturated rings. The van der Waals surface area contributed by atoms with Gasteiger partial charge in [-0.1, -0.05) is 102 Å². The highest BCUT2D eigenvalue weighted by molar-refractivity contribution is 5.20. The molecule has 0 saturated carbocycles. The first-order chi connectivity index (χ1) is 14.7. The first-order valence-electron chi connectivity index (χ1n) is 10.8. The number of hydrogen-bond donors (Lipinski definition) is 0. The van der Waals surface area contributed by atoms with Crippen LogP contribution in [-0.2, 0) is 23.7 Å². The molecular weight excluding hydrogens is 392 g/mol. The van der Waals surface area contributed by atoms with E-state index in [-0.39, 0.29) is 50.2 Å². The quantitative estimate of drug-likeness (QED) is 0.285. The first-order valence-corrected chi connectivity index (χ1v) is 10.8. The fourth-order valence-electron chi connectivity index (χ4n) is 3.40. The molecule has 0 N–H and O–H groups in total. The lowest BCUT2D eigenvalue weighted by Crippen LogP contribution is -2.23. The average molecular weight is 431 g/mol. The summed E-state index contributed by atoms with van der Waals surface area (Å²) in [7, 11) is 0. The molecule has 5 heteroatoms. The second-order valence-electron chi connectivity index (χ2n) is 9.73. The standard InChI is InChI=1S/C26H38O5/c1-25(2,3)23(21-13-9-7-10-14-21)30-19-28-17-27-18-29-20-31-24(26(4,5)6)22-15-11-8-12-16-22/h7-16,23-24H,17-20H2,1-6H3/t23-,24-/m1/s1. The van der Waals surface area contributed by atoms with Gasteiger partial charge in [-0.05, 0) is 22.0 Å². The molecule has 0 unspecified atom stereocenters. The van der Waals surface area contributed by atoms with Gasteiger partial charge in [0.1, 0.15) is 13.6 Å². The fraction of sp³-hybridized carbons (Fsp3) is 0.538. The third-order valence-corrected chi connectivity index (χ3v) is 4.75. The summed E-state index contributed by atoms with van der Waals surface area (Å²) in [6, 6.07) is 20.3. The Morgan fingerprint density at radius 2 is 0.839 bits per heavy atom. The van der Waals surface area contributed by atoms with Gasteiger partial charge >= 0.3 is 0 Å². The molecule has 0 radical (unpaired) electrons. The Morgan fingerprint density at radius 1 is 0.516 bits per heavy atom. The zero-order valence-electron chi connectivity index (χ0n) is 19.8. The van der Waals surface area contributed by atoms with Crippen molar-refractivity contribution in [2.75, 3.05) is 27.2 Å². The van der Waals surface area contributed by atoms with E-state index < -0.39 is 0 Å². The van der Waals surface area contributed by atoms with Crippen molar-refractivity contribution in [2.45, 2.75) is 53.8 Å². The van der Waals surface area contributed by atoms with Crippen LogP contribution in [0.5, 0.6) is 0 Å². The van der Waals surface area contributed by atoms with Gasteiger partial charge in [0.15, 0.2) is 13.6 Å². The van der Waals surface area contributed by atoms with Crippen molar-refractivity contribution in [3.8, 4) is 0 Å². The van der Waals surface area contributed by atoms with Gasteiger partial charge in [0, 0.05) is 0 Å². The lowest BCUT2D eigenvalue weighted by Gasteiger charge is -2.31. The summed E-state index contributed by atoms with van der Waals surface area (Å²) >= 11 is 0. The molecule has 0 saturated heterocycles. The summed E-state index contributed by atoms with van der Waals surface area (Å²) in [5, 5.41) is 0. The van der Waals surface area contributed by atoms with Gasteiger partial charge in [0.05, 0.1) is 12.2 Å². The molecular formula is C26H38O5. The molecule has 0 aliphatic heterocycles. The zero-order chi connectivity index (χ0) is 22.7. The van der Waals surface area contributed by atoms with Crippen molar-refractivity contribution >= 4 is 0 Å². The minimum Gasteiger partial charge on any atom is -0.347 e. The summed E-state index contributed by atoms with van der Waals surface area (Å²) in [6.07, 6.45) is -0.128. The van der Waals surface area contributed by atoms with Crippen LogP contribution in [0.4, 0.5) is 0 Å². The van der Waals surface area contributed by atoms with Crippen LogP contribution in [0.25, 0.3) is 0 Å². The van der Waals surface area contributed by atoms with Crippen LogP contribution in [0, 0.1) is 10.8 Å². The van der Waals surface area contributed by atoms with Gasteiger partial charge in [-0.3, -0.25) is 0 Å². The lowest BCUT2D eigenvalue weighted by atomic mass is 9.84. The smallest absolute Gasteiger partial charge is 0.152 e. The molecule has 2 atom stereocenters. The highest BCUT2D eigenvalue weighted by Crippen LogP contribution is 2.36. The van der Waals surface area contributed by atoms with E-state index in [0.29, 0.717) is 0 Å². The Morgan fingerprint density at radius 3 is 1.16 bits per heavy atom. The highest BCUT2D eigenvalue weighted by atomic mass is 16.8. The maximum absolute atomic E-state index is 5.97. The SMILES string of the molecule is CC(C)(C)[C@H](OCOCOCOCO[C@H](c1ccccc1)C(C)(C)C)c1ccccc1. The molecule has 2 rings (SSSR count). The van der Waals surface area contributed by atoms with Gasteiger partial charge in [-0.25, -0.2) is 0 Å². The number of ether oxygens (including phenoxy) is 5. The summed E-state index contributed by atoms with van der Waals surface area (Å²) < 4.78 is 28.3. The van der Waals surface area contributed by atoms with Crippen LogP contribution in [0.3, 0.4) is 0 Å². The zero-order valence-corrected chi connectivity index (χ0v) is 19.8. The van der Waals surface area contributed by atoms with Crippen LogP contribution in [-0.4, -0.2) is 27.2 Å². The van der Waals surface area contributed by atoms with Crippen molar-refractivity contribution in [1.82, 2.24) is 0 Å². The molecule has 0 aromatic heterocycles. The van der Waals surface area contributed by atoms with Gasteiger partial charge < -0.3 is 23.7 Å². The number of hydrogen-bond acceptors (Lipinski definition) is 5. The lowest BCUT2D eigenvalue weighted by molar-refractivity contribution is -0.215. The van der Waals surface area contributed by atoms with Crippen LogP contribution in [0.1, 0.15) is 64.9 Å². The van der Waals surface area contributed by atoms with Crippen molar-refractivity contribution in [1.29, 1.82) is 0 Å². The van der Waals surface area contributed by atoms with Crippen molar-refractivity contribution < 1.29 is 23.7 Å². The van der Waals surface area contributed by atoms with Gasteiger partial charge in [0.2, 0.25) is 0 Å². The molecule has 0 aliphatic rings. The normalized spacial score (nSPS) is 14.4. The minimum absolute atomic E-state index is 0.0473. The van der Waals surface area contributed by atoms with Crippen LogP contribution >= 0.6 is 0 Å². The largest absolute Gasteiger partial charge is 0.347 e. The molecule has 2 aromatic rings. The summed E-state index contributed by atoms with van der Waals surface area (Å²) in [5.41, 5.74) is 2.17. The monoisotopic (exact) mass is 430 g/mol.